The van der Waals surface area contributed by atoms with Gasteiger partial charge in [-0.1, -0.05) is 24.3 Å². The van der Waals surface area contributed by atoms with Crippen LogP contribution in [-0.4, -0.2) is 29.3 Å². The van der Waals surface area contributed by atoms with Crippen LogP contribution in [0.4, 0.5) is 4.39 Å². The third-order valence-corrected chi connectivity index (χ3v) is 6.39. The van der Waals surface area contributed by atoms with Gasteiger partial charge in [0.1, 0.15) is 17.0 Å². The normalized spacial score (nSPS) is 12.1. The van der Waals surface area contributed by atoms with Crippen molar-refractivity contribution in [2.24, 2.45) is 0 Å². The second kappa shape index (κ2) is 11.6. The van der Waals surface area contributed by atoms with Crippen LogP contribution in [0.3, 0.4) is 0 Å². The zero-order chi connectivity index (χ0) is 23.8. The molecular weight excluding hydrogens is 463 g/mol. The highest BCUT2D eigenvalue weighted by atomic mass is 32.2. The van der Waals surface area contributed by atoms with Crippen LogP contribution >= 0.6 is 23.1 Å². The van der Waals surface area contributed by atoms with Gasteiger partial charge in [-0.3, -0.25) is 14.2 Å². The first kappa shape index (κ1) is 24.5. The van der Waals surface area contributed by atoms with E-state index >= 15 is 0 Å². The van der Waals surface area contributed by atoms with Crippen LogP contribution in [0, 0.1) is 5.82 Å². The first-order chi connectivity index (χ1) is 15.9. The van der Waals surface area contributed by atoms with Gasteiger partial charge in [0.15, 0.2) is 0 Å². The molecule has 3 aromatic rings. The molecule has 0 aliphatic heterocycles. The maximum Gasteiger partial charge on any atom is 0.333 e. The highest BCUT2D eigenvalue weighted by molar-refractivity contribution is 7.98. The molecule has 0 unspecified atom stereocenters. The number of thiazole rings is 1. The van der Waals surface area contributed by atoms with Gasteiger partial charge in [-0.2, -0.15) is 0 Å². The summed E-state index contributed by atoms with van der Waals surface area (Å²) in [7, 11) is 0. The molecule has 3 rings (SSSR count). The summed E-state index contributed by atoms with van der Waals surface area (Å²) in [6.45, 7) is 1.81. The van der Waals surface area contributed by atoms with E-state index in [1.54, 1.807) is 36.9 Å². The predicted molar refractivity (Wildman–Crippen MR) is 129 cm³/mol. The van der Waals surface area contributed by atoms with Crippen LogP contribution in [0.15, 0.2) is 58.2 Å². The minimum atomic E-state index is -0.588. The molecular formula is C24H23FN2O4S2. The smallest absolute Gasteiger partial charge is 0.333 e. The van der Waals surface area contributed by atoms with Crippen molar-refractivity contribution in [3.8, 4) is 0 Å². The lowest BCUT2D eigenvalue weighted by Gasteiger charge is -2.06. The summed E-state index contributed by atoms with van der Waals surface area (Å²) in [6.07, 6.45) is 4.93. The Labute approximate surface area is 198 Å². The van der Waals surface area contributed by atoms with E-state index in [-0.39, 0.29) is 31.1 Å². The molecule has 0 radical (unpaired) electrons. The number of rotatable bonds is 8. The summed E-state index contributed by atoms with van der Waals surface area (Å²) in [5.74, 6) is -1.36. The monoisotopic (exact) mass is 486 g/mol. The Hall–Kier alpha value is -3.17. The van der Waals surface area contributed by atoms with E-state index < -0.39 is 11.9 Å². The standard InChI is InChI=1S/C24H23FN2O4S2/c1-3-31-23(29)13-22-27(15-21(28)26-14-17-4-8-18(25)9-5-17)24(30)20(33-22)12-16-6-10-19(32-2)11-7-16/h4-13H,3,14-15H2,1-2H3,(H,26,28)/b20-12-,22-13-. The largest absolute Gasteiger partial charge is 0.463 e. The fourth-order valence-corrected chi connectivity index (χ4v) is 4.37. The number of ether oxygens (including phenoxy) is 1. The first-order valence-electron chi connectivity index (χ1n) is 10.1. The van der Waals surface area contributed by atoms with E-state index in [1.807, 2.05) is 30.5 Å². The zero-order valence-electron chi connectivity index (χ0n) is 18.2. The second-order valence-corrected chi connectivity index (χ2v) is 8.85. The van der Waals surface area contributed by atoms with Crippen molar-refractivity contribution < 1.29 is 18.7 Å². The van der Waals surface area contributed by atoms with Crippen molar-refractivity contribution in [1.29, 1.82) is 0 Å². The average Bonchev–Trinajstić information content (AvgIpc) is 3.08. The summed E-state index contributed by atoms with van der Waals surface area (Å²) in [4.78, 5) is 38.7. The number of carbonyl (C=O) groups excluding carboxylic acids is 2. The zero-order valence-corrected chi connectivity index (χ0v) is 19.8. The molecule has 1 amide bonds. The number of halogens is 1. The lowest BCUT2D eigenvalue weighted by atomic mass is 10.2. The minimum absolute atomic E-state index is 0.190. The summed E-state index contributed by atoms with van der Waals surface area (Å²) in [6, 6.07) is 13.5. The van der Waals surface area contributed by atoms with Gasteiger partial charge in [0, 0.05) is 11.4 Å². The van der Waals surface area contributed by atoms with Crippen molar-refractivity contribution >= 4 is 47.1 Å². The fraction of sp³-hybridized carbons (Fsp3) is 0.208. The number of nitrogens with zero attached hydrogens (tertiary/aromatic N) is 1. The Morgan fingerprint density at radius 1 is 1.15 bits per heavy atom. The van der Waals surface area contributed by atoms with Gasteiger partial charge in [-0.25, -0.2) is 9.18 Å². The van der Waals surface area contributed by atoms with Crippen molar-refractivity contribution in [3.63, 3.8) is 0 Å². The third-order valence-electron chi connectivity index (χ3n) is 4.58. The van der Waals surface area contributed by atoms with Crippen LogP contribution in [0.25, 0.3) is 12.2 Å². The van der Waals surface area contributed by atoms with E-state index in [4.69, 9.17) is 4.74 Å². The number of esters is 1. The molecule has 33 heavy (non-hydrogen) atoms. The molecule has 0 fully saturated rings. The van der Waals surface area contributed by atoms with Crippen molar-refractivity contribution in [2.45, 2.75) is 24.9 Å². The Morgan fingerprint density at radius 3 is 2.48 bits per heavy atom. The molecule has 0 aliphatic carbocycles. The van der Waals surface area contributed by atoms with Crippen molar-refractivity contribution in [1.82, 2.24) is 9.88 Å². The van der Waals surface area contributed by atoms with Gasteiger partial charge < -0.3 is 10.1 Å². The molecule has 0 bridgehead atoms. The van der Waals surface area contributed by atoms with E-state index in [0.29, 0.717) is 9.20 Å². The summed E-state index contributed by atoms with van der Waals surface area (Å²) < 4.78 is 20.0. The molecule has 1 aromatic heterocycles. The van der Waals surface area contributed by atoms with Gasteiger partial charge >= 0.3 is 5.97 Å². The molecule has 0 saturated carbocycles. The SMILES string of the molecule is CCOC(=O)/C=c1\s/c(=C\c2ccc(SC)cc2)c(=O)n1CC(=O)NCc1ccc(F)cc1. The molecule has 0 spiro atoms. The maximum atomic E-state index is 13.0. The van der Waals surface area contributed by atoms with E-state index in [1.165, 1.54) is 22.8 Å². The highest BCUT2D eigenvalue weighted by Gasteiger charge is 2.11. The van der Waals surface area contributed by atoms with E-state index in [0.717, 1.165) is 27.4 Å². The number of aromatic nitrogens is 1. The molecule has 0 atom stereocenters. The van der Waals surface area contributed by atoms with Crippen LogP contribution < -0.4 is 20.1 Å². The topological polar surface area (TPSA) is 77.4 Å². The van der Waals surface area contributed by atoms with Crippen LogP contribution in [0.2, 0.25) is 0 Å². The van der Waals surface area contributed by atoms with Gasteiger partial charge in [0.2, 0.25) is 5.91 Å². The molecule has 172 valence electrons. The molecule has 1 heterocycles. The summed E-state index contributed by atoms with van der Waals surface area (Å²) in [5, 5.41) is 2.71. The number of carbonyl (C=O) groups is 2. The molecule has 0 saturated heterocycles. The van der Waals surface area contributed by atoms with Crippen LogP contribution in [0.5, 0.6) is 0 Å². The third kappa shape index (κ3) is 6.90. The Balaban J connectivity index is 1.90. The number of amides is 1. The number of hydrogen-bond acceptors (Lipinski definition) is 6. The Morgan fingerprint density at radius 2 is 1.85 bits per heavy atom. The molecule has 9 heteroatoms. The maximum absolute atomic E-state index is 13.0. The molecule has 0 aliphatic rings. The number of benzene rings is 2. The van der Waals surface area contributed by atoms with E-state index in [2.05, 4.69) is 5.32 Å². The van der Waals surface area contributed by atoms with E-state index in [9.17, 15) is 18.8 Å². The van der Waals surface area contributed by atoms with Crippen molar-refractivity contribution in [2.75, 3.05) is 12.9 Å². The predicted octanol–water partition coefficient (Wildman–Crippen LogP) is 2.26. The van der Waals surface area contributed by atoms with Gasteiger partial charge in [0.05, 0.1) is 17.2 Å². The Kier molecular flexibility index (Phi) is 8.62. The Bertz CT molecular complexity index is 1300. The van der Waals surface area contributed by atoms with Gasteiger partial charge in [-0.15, -0.1) is 23.1 Å². The van der Waals surface area contributed by atoms with Crippen LogP contribution in [0.1, 0.15) is 18.1 Å². The molecule has 2 aromatic carbocycles. The second-order valence-electron chi connectivity index (χ2n) is 6.91. The summed E-state index contributed by atoms with van der Waals surface area (Å²) >= 11 is 2.73. The molecule has 1 N–H and O–H groups in total. The van der Waals surface area contributed by atoms with Gasteiger partial charge in [-0.05, 0) is 54.6 Å². The average molecular weight is 487 g/mol. The van der Waals surface area contributed by atoms with Crippen LogP contribution in [-0.2, 0) is 27.4 Å². The number of thioether (sulfide) groups is 1. The van der Waals surface area contributed by atoms with Gasteiger partial charge in [0.25, 0.3) is 5.56 Å². The number of nitrogens with one attached hydrogen (secondary N) is 1. The summed E-state index contributed by atoms with van der Waals surface area (Å²) in [5.41, 5.74) is 1.19. The number of hydrogen-bond donors (Lipinski definition) is 1. The lowest BCUT2D eigenvalue weighted by Crippen LogP contribution is -2.38. The lowest BCUT2D eigenvalue weighted by molar-refractivity contribution is -0.135. The minimum Gasteiger partial charge on any atom is -0.463 e. The van der Waals surface area contributed by atoms with Crippen molar-refractivity contribution in [3.05, 3.63) is 85.0 Å². The first-order valence-corrected chi connectivity index (χ1v) is 12.2. The quantitative estimate of drug-likeness (QED) is 0.391. The fourth-order valence-electron chi connectivity index (χ4n) is 2.93. The molecule has 6 nitrogen and oxygen atoms in total. The highest BCUT2D eigenvalue weighted by Crippen LogP contribution is 2.14.